The molecule has 0 saturated heterocycles. The zero-order valence-corrected chi connectivity index (χ0v) is 9.80. The van der Waals surface area contributed by atoms with Gasteiger partial charge in [-0.1, -0.05) is 0 Å². The molecule has 4 nitrogen and oxygen atoms in total. The van der Waals surface area contributed by atoms with E-state index in [9.17, 15) is 53.0 Å². The number of hydrogen-bond acceptors (Lipinski definition) is 3. The normalized spacial score (nSPS) is 16.4. The maximum absolute atomic E-state index is 12.3. The number of halogens is 9. The van der Waals surface area contributed by atoms with E-state index in [-0.39, 0.29) is 6.92 Å². The molecule has 0 aromatic rings. The highest BCUT2D eigenvalue weighted by molar-refractivity contribution is 7.91. The Morgan fingerprint density at radius 3 is 1.25 bits per heavy atom. The zero-order chi connectivity index (χ0) is 16.8. The first kappa shape index (κ1) is 18.8. The molecule has 0 atom stereocenters. The molecular weight excluding hydrogens is 337 g/mol. The van der Waals surface area contributed by atoms with Crippen molar-refractivity contribution in [2.24, 2.45) is 4.40 Å². The maximum Gasteiger partial charge on any atom is 0.428 e. The van der Waals surface area contributed by atoms with Gasteiger partial charge in [0.2, 0.25) is 0 Å². The van der Waals surface area contributed by atoms with E-state index >= 15 is 0 Å². The number of alkyl halides is 9. The van der Waals surface area contributed by atoms with Gasteiger partial charge in [0, 0.05) is 0 Å². The molecule has 0 aliphatic rings. The molecule has 0 heterocycles. The molecule has 0 spiro atoms. The fourth-order valence-electron chi connectivity index (χ4n) is 1.16. The predicted molar refractivity (Wildman–Crippen MR) is 42.9 cm³/mol. The van der Waals surface area contributed by atoms with E-state index in [1.165, 1.54) is 4.40 Å². The quantitative estimate of drug-likeness (QED) is 0.435. The Labute approximate surface area is 105 Å². The van der Waals surface area contributed by atoms with Gasteiger partial charge in [0.05, 0.1) is 0 Å². The summed E-state index contributed by atoms with van der Waals surface area (Å²) in [7, 11) is -7.36. The van der Waals surface area contributed by atoms with Crippen LogP contribution < -0.4 is 5.11 Å². The summed E-state index contributed by atoms with van der Waals surface area (Å²) in [4.78, 5) is 0. The second-order valence-corrected chi connectivity index (χ2v) is 5.00. The minimum absolute atomic E-state index is 0.0748. The van der Waals surface area contributed by atoms with Crippen molar-refractivity contribution in [3.05, 3.63) is 0 Å². The van der Waals surface area contributed by atoms with Gasteiger partial charge in [0.1, 0.15) is 0 Å². The van der Waals surface area contributed by atoms with E-state index in [2.05, 4.69) is 0 Å². The van der Waals surface area contributed by atoms with Crippen LogP contribution >= 0.6 is 0 Å². The van der Waals surface area contributed by atoms with E-state index in [1.54, 1.807) is 0 Å². The lowest BCUT2D eigenvalue weighted by atomic mass is 10.1. The van der Waals surface area contributed by atoms with Crippen LogP contribution in [0.5, 0.6) is 0 Å². The van der Waals surface area contributed by atoms with E-state index in [1.807, 2.05) is 0 Å². The molecule has 0 radical (unpaired) electrons. The van der Waals surface area contributed by atoms with Crippen LogP contribution in [0.25, 0.3) is 0 Å². The van der Waals surface area contributed by atoms with Crippen molar-refractivity contribution in [2.45, 2.75) is 30.2 Å². The largest absolute Gasteiger partial charge is 0.861 e. The van der Waals surface area contributed by atoms with Gasteiger partial charge in [-0.25, -0.2) is 8.42 Å². The van der Waals surface area contributed by atoms with Crippen LogP contribution in [0.4, 0.5) is 39.5 Å². The summed E-state index contributed by atoms with van der Waals surface area (Å²) in [5, 5.41) is 10.2. The van der Waals surface area contributed by atoms with E-state index in [0.29, 0.717) is 0 Å². The lowest BCUT2D eigenvalue weighted by Crippen LogP contribution is -2.70. The van der Waals surface area contributed by atoms with Crippen molar-refractivity contribution < 1.29 is 53.0 Å². The fraction of sp³-hybridized carbons (Fsp3) is 0.833. The summed E-state index contributed by atoms with van der Waals surface area (Å²) in [5.41, 5.74) is 0. The number of sulfonamides is 1. The monoisotopic (exact) mass is 340 g/mol. The molecule has 0 unspecified atom stereocenters. The smallest absolute Gasteiger partial charge is 0.428 e. The molecule has 120 valence electrons. The van der Waals surface area contributed by atoms with Crippen LogP contribution in [0.1, 0.15) is 6.92 Å². The first-order valence-corrected chi connectivity index (χ1v) is 5.54. The summed E-state index contributed by atoms with van der Waals surface area (Å²) in [6.07, 6.45) is -22.0. The Balaban J connectivity index is 6.93. The van der Waals surface area contributed by atoms with Crippen molar-refractivity contribution in [3.8, 4) is 0 Å². The van der Waals surface area contributed by atoms with E-state index < -0.39 is 39.2 Å². The highest BCUT2D eigenvalue weighted by Gasteiger charge is 2.91. The number of rotatable bonds is 2. The van der Waals surface area contributed by atoms with E-state index in [4.69, 9.17) is 0 Å². The molecule has 0 aliphatic heterocycles. The molecule has 0 bridgehead atoms. The Kier molecular flexibility index (Phi) is 4.38. The molecule has 20 heavy (non-hydrogen) atoms. The Morgan fingerprint density at radius 2 is 1.10 bits per heavy atom. The SMILES string of the molecule is CC([O-])=NS(=O)(=O)C(C(F)(F)F)(C(F)(F)F)C(F)(F)F. The molecule has 0 rings (SSSR count). The third-order valence-corrected chi connectivity index (χ3v) is 3.80. The highest BCUT2D eigenvalue weighted by Crippen LogP contribution is 2.57. The molecule has 0 saturated carbocycles. The lowest BCUT2D eigenvalue weighted by Gasteiger charge is -2.36. The van der Waals surface area contributed by atoms with Crippen molar-refractivity contribution >= 4 is 15.9 Å². The van der Waals surface area contributed by atoms with Crippen molar-refractivity contribution in [2.75, 3.05) is 0 Å². The first-order chi connectivity index (χ1) is 8.42. The van der Waals surface area contributed by atoms with Crippen LogP contribution in [-0.4, -0.2) is 37.6 Å². The Hall–Kier alpha value is -1.21. The van der Waals surface area contributed by atoms with Gasteiger partial charge in [-0.2, -0.15) is 43.9 Å². The van der Waals surface area contributed by atoms with Crippen LogP contribution in [0.15, 0.2) is 4.40 Å². The van der Waals surface area contributed by atoms with Gasteiger partial charge < -0.3 is 5.11 Å². The van der Waals surface area contributed by atoms with Crippen molar-refractivity contribution in [3.63, 3.8) is 0 Å². The van der Waals surface area contributed by atoms with Gasteiger partial charge in [0.25, 0.3) is 10.0 Å². The molecule has 0 N–H and O–H groups in total. The molecular formula is C6H3F9NO3S-. The summed E-state index contributed by atoms with van der Waals surface area (Å²) in [6, 6.07) is 0. The first-order valence-electron chi connectivity index (χ1n) is 4.10. The zero-order valence-electron chi connectivity index (χ0n) is 8.98. The Bertz CT molecular complexity index is 457. The van der Waals surface area contributed by atoms with Gasteiger partial charge in [0.15, 0.2) is 0 Å². The average Bonchev–Trinajstić information content (AvgIpc) is 1.87. The van der Waals surface area contributed by atoms with Crippen LogP contribution in [0.2, 0.25) is 0 Å². The number of hydrogen-bond donors (Lipinski definition) is 0. The summed E-state index contributed by atoms with van der Waals surface area (Å²) in [5.74, 6) is -2.17. The number of nitrogens with zero attached hydrogens (tertiary/aromatic N) is 1. The summed E-state index contributed by atoms with van der Waals surface area (Å²) < 4.78 is 127. The fourth-order valence-corrected chi connectivity index (χ4v) is 2.51. The Morgan fingerprint density at radius 1 is 0.850 bits per heavy atom. The molecule has 0 aromatic heterocycles. The molecule has 0 aliphatic carbocycles. The summed E-state index contributed by atoms with van der Waals surface area (Å²) in [6.45, 7) is 0.0748. The second kappa shape index (κ2) is 4.66. The van der Waals surface area contributed by atoms with Crippen LogP contribution in [0.3, 0.4) is 0 Å². The minimum atomic E-state index is -7.36. The van der Waals surface area contributed by atoms with Gasteiger partial charge in [-0.15, -0.1) is 0 Å². The van der Waals surface area contributed by atoms with Gasteiger partial charge in [-0.05, 0) is 12.8 Å². The van der Waals surface area contributed by atoms with Gasteiger partial charge in [-0.3, -0.25) is 0 Å². The topological polar surface area (TPSA) is 69.6 Å². The van der Waals surface area contributed by atoms with Crippen molar-refractivity contribution in [1.82, 2.24) is 0 Å². The van der Waals surface area contributed by atoms with E-state index in [0.717, 1.165) is 0 Å². The molecule has 0 amide bonds. The lowest BCUT2D eigenvalue weighted by molar-refractivity contribution is -0.347. The third kappa shape index (κ3) is 2.64. The second-order valence-electron chi connectivity index (χ2n) is 3.26. The third-order valence-electron chi connectivity index (χ3n) is 1.83. The molecule has 0 fully saturated rings. The highest BCUT2D eigenvalue weighted by atomic mass is 32.2. The van der Waals surface area contributed by atoms with Crippen LogP contribution in [0, 0.1) is 0 Å². The van der Waals surface area contributed by atoms with Crippen molar-refractivity contribution in [1.29, 1.82) is 0 Å². The van der Waals surface area contributed by atoms with Gasteiger partial charge >= 0.3 is 23.3 Å². The maximum atomic E-state index is 12.3. The predicted octanol–water partition coefficient (Wildman–Crippen LogP) is 1.52. The average molecular weight is 340 g/mol. The minimum Gasteiger partial charge on any atom is -0.861 e. The van der Waals surface area contributed by atoms with Crippen LogP contribution in [-0.2, 0) is 10.0 Å². The summed E-state index contributed by atoms with van der Waals surface area (Å²) >= 11 is 0. The molecule has 0 aromatic carbocycles. The molecule has 14 heteroatoms. The standard InChI is InChI=1S/C6H4F9NO3S/c1-2(17)16-20(18,19)3(4(7,8)9,5(10,11)12)6(13,14)15/h1H3,(H,16,17)/p-1.